The molecule has 0 spiro atoms. The molecule has 0 bridgehead atoms. The Hall–Kier alpha value is -2.41. The van der Waals surface area contributed by atoms with Gasteiger partial charge in [-0.3, -0.25) is 5.32 Å². The minimum Gasteiger partial charge on any atom is -0.392 e. The summed E-state index contributed by atoms with van der Waals surface area (Å²) in [5, 5.41) is 18.7. The molecular formula is C16H21FN4O2. The molecule has 1 unspecified atom stereocenters. The van der Waals surface area contributed by atoms with Crippen molar-refractivity contribution in [1.82, 2.24) is 15.1 Å². The van der Waals surface area contributed by atoms with Crippen molar-refractivity contribution in [3.8, 4) is 0 Å². The number of nitrogens with zero attached hydrogens (tertiary/aromatic N) is 2. The number of aliphatic hydroxyl groups is 1. The molecule has 0 fully saturated rings. The van der Waals surface area contributed by atoms with E-state index in [1.165, 1.54) is 12.1 Å². The number of carbonyl (C=O) groups excluding carboxylic acids is 1. The van der Waals surface area contributed by atoms with Crippen LogP contribution >= 0.6 is 0 Å². The number of amides is 2. The molecule has 0 saturated carbocycles. The lowest BCUT2D eigenvalue weighted by atomic mass is 10.1. The molecule has 0 aliphatic carbocycles. The third kappa shape index (κ3) is 4.29. The molecular weight excluding hydrogens is 299 g/mol. The smallest absolute Gasteiger partial charge is 0.320 e. The zero-order valence-electron chi connectivity index (χ0n) is 13.2. The van der Waals surface area contributed by atoms with Crippen LogP contribution in [0.2, 0.25) is 0 Å². The van der Waals surface area contributed by atoms with Crippen molar-refractivity contribution in [2.45, 2.75) is 39.5 Å². The average molecular weight is 320 g/mol. The van der Waals surface area contributed by atoms with Gasteiger partial charge in [0.2, 0.25) is 0 Å². The summed E-state index contributed by atoms with van der Waals surface area (Å²) in [6.07, 6.45) is 2.53. The van der Waals surface area contributed by atoms with E-state index in [0.29, 0.717) is 11.4 Å². The lowest BCUT2D eigenvalue weighted by Gasteiger charge is -2.14. The second-order valence-electron chi connectivity index (χ2n) is 5.31. The number of hydrogen-bond acceptors (Lipinski definition) is 3. The molecule has 23 heavy (non-hydrogen) atoms. The number of urea groups is 1. The van der Waals surface area contributed by atoms with Crippen molar-refractivity contribution in [3.63, 3.8) is 0 Å². The van der Waals surface area contributed by atoms with Crippen LogP contribution in [-0.2, 0) is 13.2 Å². The fourth-order valence-electron chi connectivity index (χ4n) is 2.14. The van der Waals surface area contributed by atoms with Gasteiger partial charge in [-0.15, -0.1) is 0 Å². The normalized spacial score (nSPS) is 12.0. The van der Waals surface area contributed by atoms with Crippen molar-refractivity contribution in [2.24, 2.45) is 0 Å². The standard InChI is InChI=1S/C16H21FN4O2/c1-3-11(2)21-15(6-7-19-21)20-16(23)18-9-12-4-5-14(17)13(8-12)10-22/h4-8,11,22H,3,9-10H2,1-2H3,(H2,18,20,23). The van der Waals surface area contributed by atoms with E-state index in [-0.39, 0.29) is 30.8 Å². The van der Waals surface area contributed by atoms with E-state index >= 15 is 0 Å². The summed E-state index contributed by atoms with van der Waals surface area (Å²) in [5.41, 5.74) is 0.917. The van der Waals surface area contributed by atoms with Gasteiger partial charge in [-0.25, -0.2) is 13.9 Å². The van der Waals surface area contributed by atoms with E-state index < -0.39 is 5.82 Å². The summed E-state index contributed by atoms with van der Waals surface area (Å²) < 4.78 is 15.1. The molecule has 2 aromatic rings. The molecule has 1 aromatic heterocycles. The van der Waals surface area contributed by atoms with Gasteiger partial charge >= 0.3 is 6.03 Å². The van der Waals surface area contributed by atoms with E-state index in [1.54, 1.807) is 23.0 Å². The van der Waals surface area contributed by atoms with Crippen LogP contribution in [0.3, 0.4) is 0 Å². The molecule has 124 valence electrons. The number of aliphatic hydroxyl groups excluding tert-OH is 1. The van der Waals surface area contributed by atoms with Crippen LogP contribution in [0.15, 0.2) is 30.5 Å². The van der Waals surface area contributed by atoms with Crippen LogP contribution in [0.5, 0.6) is 0 Å². The van der Waals surface area contributed by atoms with Crippen LogP contribution < -0.4 is 10.6 Å². The van der Waals surface area contributed by atoms with Gasteiger partial charge in [0, 0.05) is 18.2 Å². The molecule has 0 aliphatic heterocycles. The second kappa shape index (κ2) is 7.73. The van der Waals surface area contributed by atoms with Gasteiger partial charge < -0.3 is 10.4 Å². The number of halogens is 1. The fraction of sp³-hybridized carbons (Fsp3) is 0.375. The fourth-order valence-corrected chi connectivity index (χ4v) is 2.14. The Morgan fingerprint density at radius 3 is 2.91 bits per heavy atom. The molecule has 1 aromatic carbocycles. The summed E-state index contributed by atoms with van der Waals surface area (Å²) in [6, 6.07) is 5.91. The first-order chi connectivity index (χ1) is 11.0. The van der Waals surface area contributed by atoms with E-state index in [4.69, 9.17) is 5.11 Å². The Labute approximate surface area is 134 Å². The van der Waals surface area contributed by atoms with E-state index in [1.807, 2.05) is 13.8 Å². The molecule has 2 amide bonds. The molecule has 0 saturated heterocycles. The number of aromatic nitrogens is 2. The van der Waals surface area contributed by atoms with Gasteiger partial charge in [0.05, 0.1) is 18.8 Å². The van der Waals surface area contributed by atoms with Crippen LogP contribution in [0.25, 0.3) is 0 Å². The van der Waals surface area contributed by atoms with Crippen molar-refractivity contribution in [3.05, 3.63) is 47.4 Å². The lowest BCUT2D eigenvalue weighted by Crippen LogP contribution is -2.29. The highest BCUT2D eigenvalue weighted by atomic mass is 19.1. The average Bonchev–Trinajstić information content (AvgIpc) is 3.01. The Bertz CT molecular complexity index is 672. The highest BCUT2D eigenvalue weighted by Gasteiger charge is 2.11. The first-order valence-corrected chi connectivity index (χ1v) is 7.51. The van der Waals surface area contributed by atoms with E-state index in [9.17, 15) is 9.18 Å². The summed E-state index contributed by atoms with van der Waals surface area (Å²) in [7, 11) is 0. The van der Waals surface area contributed by atoms with Crippen LogP contribution in [0.1, 0.15) is 37.4 Å². The highest BCUT2D eigenvalue weighted by molar-refractivity contribution is 5.88. The monoisotopic (exact) mass is 320 g/mol. The summed E-state index contributed by atoms with van der Waals surface area (Å²) in [4.78, 5) is 12.0. The van der Waals surface area contributed by atoms with E-state index in [0.717, 1.165) is 6.42 Å². The first-order valence-electron chi connectivity index (χ1n) is 7.51. The third-order valence-corrected chi connectivity index (χ3v) is 3.65. The predicted octanol–water partition coefficient (Wildman–Crippen LogP) is 2.81. The predicted molar refractivity (Wildman–Crippen MR) is 85.4 cm³/mol. The Morgan fingerprint density at radius 2 is 2.22 bits per heavy atom. The maximum atomic E-state index is 13.3. The van der Waals surface area contributed by atoms with Crippen molar-refractivity contribution in [2.75, 3.05) is 5.32 Å². The molecule has 0 aliphatic rings. The SMILES string of the molecule is CCC(C)n1nccc1NC(=O)NCc1ccc(F)c(CO)c1. The number of rotatable bonds is 6. The molecule has 1 atom stereocenters. The molecule has 1 heterocycles. The highest BCUT2D eigenvalue weighted by Crippen LogP contribution is 2.16. The molecule has 7 heteroatoms. The zero-order chi connectivity index (χ0) is 16.8. The molecule has 6 nitrogen and oxygen atoms in total. The molecule has 0 radical (unpaired) electrons. The van der Waals surface area contributed by atoms with Crippen LogP contribution in [0, 0.1) is 5.82 Å². The summed E-state index contributed by atoms with van der Waals surface area (Å²) >= 11 is 0. The van der Waals surface area contributed by atoms with Gasteiger partial charge in [0.15, 0.2) is 0 Å². The maximum Gasteiger partial charge on any atom is 0.320 e. The van der Waals surface area contributed by atoms with E-state index in [2.05, 4.69) is 15.7 Å². The summed E-state index contributed by atoms with van der Waals surface area (Å²) in [6.45, 7) is 3.92. The third-order valence-electron chi connectivity index (χ3n) is 3.65. The number of carbonyl (C=O) groups is 1. The maximum absolute atomic E-state index is 13.3. The van der Waals surface area contributed by atoms with Crippen molar-refractivity contribution < 1.29 is 14.3 Å². The second-order valence-corrected chi connectivity index (χ2v) is 5.31. The summed E-state index contributed by atoms with van der Waals surface area (Å²) in [5.74, 6) is 0.158. The number of hydrogen-bond donors (Lipinski definition) is 3. The zero-order valence-corrected chi connectivity index (χ0v) is 13.2. The largest absolute Gasteiger partial charge is 0.392 e. The molecule has 3 N–H and O–H groups in total. The molecule has 2 rings (SSSR count). The van der Waals surface area contributed by atoms with Crippen LogP contribution in [0.4, 0.5) is 15.0 Å². The topological polar surface area (TPSA) is 79.2 Å². The van der Waals surface area contributed by atoms with Crippen molar-refractivity contribution in [1.29, 1.82) is 0 Å². The van der Waals surface area contributed by atoms with Gasteiger partial charge in [-0.1, -0.05) is 13.0 Å². The number of anilines is 1. The minimum atomic E-state index is -0.460. The Kier molecular flexibility index (Phi) is 5.70. The Balaban J connectivity index is 1.94. The number of nitrogens with one attached hydrogen (secondary N) is 2. The quantitative estimate of drug-likeness (QED) is 0.766. The van der Waals surface area contributed by atoms with Gasteiger partial charge in [0.25, 0.3) is 0 Å². The van der Waals surface area contributed by atoms with Gasteiger partial charge in [0.1, 0.15) is 11.6 Å². The number of benzene rings is 1. The first kappa shape index (κ1) is 17.0. The Morgan fingerprint density at radius 1 is 1.43 bits per heavy atom. The van der Waals surface area contributed by atoms with Crippen molar-refractivity contribution >= 4 is 11.8 Å². The van der Waals surface area contributed by atoms with Gasteiger partial charge in [-0.2, -0.15) is 5.10 Å². The van der Waals surface area contributed by atoms with Gasteiger partial charge in [-0.05, 0) is 31.0 Å². The minimum absolute atomic E-state index is 0.185. The lowest BCUT2D eigenvalue weighted by molar-refractivity contribution is 0.251. The van der Waals surface area contributed by atoms with Crippen LogP contribution in [-0.4, -0.2) is 20.9 Å².